The summed E-state index contributed by atoms with van der Waals surface area (Å²) in [5, 5.41) is 2.89. The molecule has 1 aromatic rings. The maximum absolute atomic E-state index is 12.3. The molecule has 6 nitrogen and oxygen atoms in total. The monoisotopic (exact) mass is 347 g/mol. The number of piperazine rings is 1. The summed E-state index contributed by atoms with van der Waals surface area (Å²) in [5.74, 6) is 0.789. The van der Waals surface area contributed by atoms with E-state index < -0.39 is 0 Å². The maximum atomic E-state index is 12.3. The van der Waals surface area contributed by atoms with Crippen LogP contribution in [0.3, 0.4) is 0 Å². The third-order valence-electron chi connectivity index (χ3n) is 4.24. The molecule has 138 valence electrons. The van der Waals surface area contributed by atoms with Crippen LogP contribution in [0.1, 0.15) is 25.0 Å². The standard InChI is InChI=1S/C19H29N3O3/c1-14(2)20-18(23)12-21-7-9-22(10-8-21)19(24)13-25-17-11-15(3)5-6-16(17)4/h5-6,11,14H,7-10,12-13H2,1-4H3,(H,20,23). The summed E-state index contributed by atoms with van der Waals surface area (Å²) < 4.78 is 5.70. The first kappa shape index (κ1) is 19.2. The van der Waals surface area contributed by atoms with Gasteiger partial charge < -0.3 is 15.0 Å². The van der Waals surface area contributed by atoms with E-state index in [2.05, 4.69) is 10.2 Å². The number of hydrogen-bond donors (Lipinski definition) is 1. The molecule has 0 saturated carbocycles. The minimum atomic E-state index is -0.00723. The zero-order valence-electron chi connectivity index (χ0n) is 15.7. The summed E-state index contributed by atoms with van der Waals surface area (Å²) in [5.41, 5.74) is 2.14. The summed E-state index contributed by atoms with van der Waals surface area (Å²) >= 11 is 0. The van der Waals surface area contributed by atoms with Crippen LogP contribution in [0.15, 0.2) is 18.2 Å². The van der Waals surface area contributed by atoms with Gasteiger partial charge in [0.05, 0.1) is 6.54 Å². The Bertz CT molecular complexity index is 608. The SMILES string of the molecule is Cc1ccc(C)c(OCC(=O)N2CCN(CC(=O)NC(C)C)CC2)c1. The van der Waals surface area contributed by atoms with E-state index in [-0.39, 0.29) is 24.5 Å². The minimum absolute atomic E-state index is 0.00723. The topological polar surface area (TPSA) is 61.9 Å². The highest BCUT2D eigenvalue weighted by Crippen LogP contribution is 2.19. The molecule has 1 aliphatic heterocycles. The van der Waals surface area contributed by atoms with Crippen molar-refractivity contribution >= 4 is 11.8 Å². The van der Waals surface area contributed by atoms with E-state index in [1.54, 1.807) is 0 Å². The number of hydrogen-bond acceptors (Lipinski definition) is 4. The molecule has 2 rings (SSSR count). The Morgan fingerprint density at radius 2 is 1.84 bits per heavy atom. The fraction of sp³-hybridized carbons (Fsp3) is 0.579. The normalized spacial score (nSPS) is 15.3. The first-order valence-corrected chi connectivity index (χ1v) is 8.84. The lowest BCUT2D eigenvalue weighted by molar-refractivity contribution is -0.135. The lowest BCUT2D eigenvalue weighted by Crippen LogP contribution is -2.52. The average molecular weight is 347 g/mol. The number of amides is 2. The van der Waals surface area contributed by atoms with E-state index in [4.69, 9.17) is 4.74 Å². The Hall–Kier alpha value is -2.08. The van der Waals surface area contributed by atoms with E-state index in [9.17, 15) is 9.59 Å². The third kappa shape index (κ3) is 6.05. The summed E-state index contributed by atoms with van der Waals surface area (Å²) in [4.78, 5) is 28.0. The first-order valence-electron chi connectivity index (χ1n) is 8.84. The Balaban J connectivity index is 1.75. The lowest BCUT2D eigenvalue weighted by atomic mass is 10.1. The molecule has 0 aromatic heterocycles. The molecule has 1 heterocycles. The van der Waals surface area contributed by atoms with E-state index in [1.165, 1.54) is 0 Å². The van der Waals surface area contributed by atoms with E-state index in [0.29, 0.717) is 32.7 Å². The lowest BCUT2D eigenvalue weighted by Gasteiger charge is -2.34. The molecule has 1 fully saturated rings. The van der Waals surface area contributed by atoms with Crippen LogP contribution >= 0.6 is 0 Å². The van der Waals surface area contributed by atoms with Gasteiger partial charge >= 0.3 is 0 Å². The van der Waals surface area contributed by atoms with Gasteiger partial charge in [-0.2, -0.15) is 0 Å². The van der Waals surface area contributed by atoms with Crippen LogP contribution in [0.4, 0.5) is 0 Å². The number of aryl methyl sites for hydroxylation is 2. The van der Waals surface area contributed by atoms with Gasteiger partial charge in [0.2, 0.25) is 5.91 Å². The molecule has 25 heavy (non-hydrogen) atoms. The van der Waals surface area contributed by atoms with Crippen LogP contribution in [0, 0.1) is 13.8 Å². The van der Waals surface area contributed by atoms with Gasteiger partial charge in [0, 0.05) is 32.2 Å². The van der Waals surface area contributed by atoms with E-state index in [1.807, 2.05) is 50.8 Å². The predicted octanol–water partition coefficient (Wildman–Crippen LogP) is 1.35. The van der Waals surface area contributed by atoms with Crippen molar-refractivity contribution in [2.45, 2.75) is 33.7 Å². The van der Waals surface area contributed by atoms with E-state index in [0.717, 1.165) is 16.9 Å². The maximum Gasteiger partial charge on any atom is 0.260 e. The molecule has 1 saturated heterocycles. The largest absolute Gasteiger partial charge is 0.483 e. The predicted molar refractivity (Wildman–Crippen MR) is 97.7 cm³/mol. The quantitative estimate of drug-likeness (QED) is 0.844. The second-order valence-corrected chi connectivity index (χ2v) is 6.94. The number of rotatable bonds is 6. The van der Waals surface area contributed by atoms with Crippen LogP contribution in [0.5, 0.6) is 5.75 Å². The Morgan fingerprint density at radius 1 is 1.16 bits per heavy atom. The van der Waals surface area contributed by atoms with Gasteiger partial charge in [-0.1, -0.05) is 12.1 Å². The summed E-state index contributed by atoms with van der Waals surface area (Å²) in [6, 6.07) is 6.13. The molecule has 1 N–H and O–H groups in total. The van der Waals surface area contributed by atoms with Gasteiger partial charge in [0.1, 0.15) is 5.75 Å². The van der Waals surface area contributed by atoms with Crippen molar-refractivity contribution in [3.8, 4) is 5.75 Å². The van der Waals surface area contributed by atoms with Crippen LogP contribution in [-0.4, -0.2) is 67.0 Å². The van der Waals surface area contributed by atoms with Crippen molar-refractivity contribution in [2.24, 2.45) is 0 Å². The van der Waals surface area contributed by atoms with Crippen molar-refractivity contribution in [3.63, 3.8) is 0 Å². The van der Waals surface area contributed by atoms with Gasteiger partial charge in [0.25, 0.3) is 5.91 Å². The van der Waals surface area contributed by atoms with Gasteiger partial charge in [-0.15, -0.1) is 0 Å². The average Bonchev–Trinajstić information content (AvgIpc) is 2.55. The van der Waals surface area contributed by atoms with Crippen molar-refractivity contribution in [1.29, 1.82) is 0 Å². The van der Waals surface area contributed by atoms with Crippen molar-refractivity contribution < 1.29 is 14.3 Å². The number of nitrogens with zero attached hydrogens (tertiary/aromatic N) is 2. The van der Waals surface area contributed by atoms with Crippen molar-refractivity contribution in [1.82, 2.24) is 15.1 Å². The molecule has 0 bridgehead atoms. The number of carbonyl (C=O) groups excluding carboxylic acids is 2. The van der Waals surface area contributed by atoms with Crippen LogP contribution in [-0.2, 0) is 9.59 Å². The Kier molecular flexibility index (Phi) is 6.82. The molecular weight excluding hydrogens is 318 g/mol. The van der Waals surface area contributed by atoms with Gasteiger partial charge in [-0.05, 0) is 44.9 Å². The van der Waals surface area contributed by atoms with E-state index >= 15 is 0 Å². The number of benzene rings is 1. The third-order valence-corrected chi connectivity index (χ3v) is 4.24. The fourth-order valence-electron chi connectivity index (χ4n) is 2.82. The van der Waals surface area contributed by atoms with Gasteiger partial charge in [-0.25, -0.2) is 0 Å². The number of nitrogens with one attached hydrogen (secondary N) is 1. The number of carbonyl (C=O) groups is 2. The Labute approximate surface area is 150 Å². The second-order valence-electron chi connectivity index (χ2n) is 6.94. The molecule has 1 aliphatic rings. The second kappa shape index (κ2) is 8.85. The molecule has 0 radical (unpaired) electrons. The van der Waals surface area contributed by atoms with Crippen LogP contribution in [0.25, 0.3) is 0 Å². The highest BCUT2D eigenvalue weighted by Gasteiger charge is 2.22. The zero-order valence-corrected chi connectivity index (χ0v) is 15.7. The molecule has 0 aliphatic carbocycles. The van der Waals surface area contributed by atoms with Crippen LogP contribution in [0.2, 0.25) is 0 Å². The molecule has 0 atom stereocenters. The fourth-order valence-corrected chi connectivity index (χ4v) is 2.82. The van der Waals surface area contributed by atoms with Gasteiger partial charge in [0.15, 0.2) is 6.61 Å². The smallest absolute Gasteiger partial charge is 0.260 e. The molecule has 1 aromatic carbocycles. The highest BCUT2D eigenvalue weighted by molar-refractivity contribution is 5.79. The van der Waals surface area contributed by atoms with Crippen LogP contribution < -0.4 is 10.1 Å². The summed E-state index contributed by atoms with van der Waals surface area (Å²) in [6.07, 6.45) is 0. The highest BCUT2D eigenvalue weighted by atomic mass is 16.5. The summed E-state index contributed by atoms with van der Waals surface area (Å²) in [7, 11) is 0. The summed E-state index contributed by atoms with van der Waals surface area (Å²) in [6.45, 7) is 11.0. The number of ether oxygens (including phenoxy) is 1. The van der Waals surface area contributed by atoms with Crippen molar-refractivity contribution in [2.75, 3.05) is 39.3 Å². The molecule has 2 amide bonds. The molecule has 6 heteroatoms. The minimum Gasteiger partial charge on any atom is -0.483 e. The Morgan fingerprint density at radius 3 is 2.48 bits per heavy atom. The first-order chi connectivity index (χ1) is 11.8. The molecular formula is C19H29N3O3. The molecule has 0 unspecified atom stereocenters. The zero-order chi connectivity index (χ0) is 18.4. The van der Waals surface area contributed by atoms with Crippen molar-refractivity contribution in [3.05, 3.63) is 29.3 Å². The van der Waals surface area contributed by atoms with Gasteiger partial charge in [-0.3, -0.25) is 14.5 Å². The molecule has 0 spiro atoms.